The average Bonchev–Trinajstić information content (AvgIpc) is 3.10. The molecule has 0 saturated carbocycles. The van der Waals surface area contributed by atoms with Crippen LogP contribution in [0.3, 0.4) is 0 Å². The Balaban J connectivity index is 2.03. The van der Waals surface area contributed by atoms with Crippen molar-refractivity contribution in [3.05, 3.63) is 95.3 Å². The second-order valence-corrected chi connectivity index (χ2v) is 6.66. The molecule has 0 radical (unpaired) electrons. The highest BCUT2D eigenvalue weighted by Gasteiger charge is 2.39. The molecule has 4 aromatic rings. The number of rotatable bonds is 4. The fourth-order valence-electron chi connectivity index (χ4n) is 3.49. The van der Waals surface area contributed by atoms with Crippen LogP contribution in [-0.2, 0) is 17.4 Å². The van der Waals surface area contributed by atoms with E-state index >= 15 is 0 Å². The van der Waals surface area contributed by atoms with E-state index in [1.54, 1.807) is 19.6 Å². The van der Waals surface area contributed by atoms with Crippen molar-refractivity contribution >= 4 is 22.4 Å². The maximum Gasteiger partial charge on any atom is 0.159 e. The van der Waals surface area contributed by atoms with Gasteiger partial charge < -0.3 is 9.30 Å². The van der Waals surface area contributed by atoms with E-state index in [2.05, 4.69) is 28.2 Å². The molecule has 2 aromatic carbocycles. The fraction of sp³-hybridized carbons (Fsp3) is 0.143. The van der Waals surface area contributed by atoms with Crippen molar-refractivity contribution in [2.75, 3.05) is 7.11 Å². The van der Waals surface area contributed by atoms with Gasteiger partial charge in [0, 0.05) is 37.0 Å². The highest BCUT2D eigenvalue weighted by molar-refractivity contribution is 6.30. The van der Waals surface area contributed by atoms with Crippen LogP contribution in [0.25, 0.3) is 10.8 Å². The third kappa shape index (κ3) is 2.59. The number of aryl methyl sites for hydroxylation is 1. The van der Waals surface area contributed by atoms with Crippen LogP contribution in [-0.4, -0.2) is 21.6 Å². The molecule has 2 aromatic heterocycles. The first kappa shape index (κ1) is 16.8. The number of fused-ring (bicyclic) bond motifs is 1. The average molecular weight is 364 g/mol. The van der Waals surface area contributed by atoms with Gasteiger partial charge in [-0.3, -0.25) is 4.98 Å². The van der Waals surface area contributed by atoms with E-state index in [9.17, 15) is 0 Å². The monoisotopic (exact) mass is 363 g/mol. The van der Waals surface area contributed by atoms with E-state index in [1.165, 1.54) is 0 Å². The standard InChI is InChI=1S/C21H18ClN3O/c1-25-14-24-13-20(25)21(26-2,17-5-7-19(22)8-6-17)18-4-3-16-12-23-10-9-15(16)11-18/h3-14H,1-2H3. The summed E-state index contributed by atoms with van der Waals surface area (Å²) in [6.45, 7) is 0. The number of halogens is 1. The lowest BCUT2D eigenvalue weighted by Gasteiger charge is -2.34. The minimum absolute atomic E-state index is 0.688. The largest absolute Gasteiger partial charge is 0.362 e. The normalized spacial score (nSPS) is 13.7. The van der Waals surface area contributed by atoms with Gasteiger partial charge in [0.15, 0.2) is 5.60 Å². The summed E-state index contributed by atoms with van der Waals surface area (Å²) in [6.07, 6.45) is 7.28. The predicted octanol–water partition coefficient (Wildman–Crippen LogP) is 4.56. The second-order valence-electron chi connectivity index (χ2n) is 6.22. The van der Waals surface area contributed by atoms with Crippen molar-refractivity contribution < 1.29 is 4.74 Å². The summed E-state index contributed by atoms with van der Waals surface area (Å²) in [7, 11) is 3.69. The van der Waals surface area contributed by atoms with Gasteiger partial charge in [-0.15, -0.1) is 0 Å². The van der Waals surface area contributed by atoms with Gasteiger partial charge in [0.05, 0.1) is 18.2 Å². The number of hydrogen-bond acceptors (Lipinski definition) is 3. The van der Waals surface area contributed by atoms with Crippen LogP contribution in [0.5, 0.6) is 0 Å². The van der Waals surface area contributed by atoms with Crippen LogP contribution in [0.4, 0.5) is 0 Å². The molecule has 0 aliphatic rings. The summed E-state index contributed by atoms with van der Waals surface area (Å²) in [5.74, 6) is 0. The molecule has 0 bridgehead atoms. The molecule has 4 rings (SSSR count). The Morgan fingerprint density at radius 3 is 2.38 bits per heavy atom. The highest BCUT2D eigenvalue weighted by atomic mass is 35.5. The molecule has 5 heteroatoms. The minimum Gasteiger partial charge on any atom is -0.362 e. The van der Waals surface area contributed by atoms with Crippen molar-refractivity contribution in [3.63, 3.8) is 0 Å². The van der Waals surface area contributed by atoms with E-state index in [-0.39, 0.29) is 0 Å². The van der Waals surface area contributed by atoms with Gasteiger partial charge in [0.25, 0.3) is 0 Å². The van der Waals surface area contributed by atoms with Crippen molar-refractivity contribution in [1.82, 2.24) is 14.5 Å². The van der Waals surface area contributed by atoms with Gasteiger partial charge in [-0.05, 0) is 40.8 Å². The first-order valence-corrected chi connectivity index (χ1v) is 8.65. The van der Waals surface area contributed by atoms with Crippen molar-refractivity contribution in [2.24, 2.45) is 7.05 Å². The molecule has 4 nitrogen and oxygen atoms in total. The second kappa shape index (κ2) is 6.56. The number of pyridine rings is 1. The molecular formula is C21H18ClN3O. The molecule has 2 heterocycles. The van der Waals surface area contributed by atoms with Crippen LogP contribution in [0.1, 0.15) is 16.8 Å². The lowest BCUT2D eigenvalue weighted by Crippen LogP contribution is -2.33. The Hall–Kier alpha value is -2.69. The van der Waals surface area contributed by atoms with Crippen LogP contribution >= 0.6 is 11.6 Å². The number of aromatic nitrogens is 3. The van der Waals surface area contributed by atoms with Crippen LogP contribution in [0.2, 0.25) is 5.02 Å². The summed E-state index contributed by atoms with van der Waals surface area (Å²) in [6, 6.07) is 16.0. The minimum atomic E-state index is -0.798. The molecule has 0 aliphatic carbocycles. The van der Waals surface area contributed by atoms with Crippen molar-refractivity contribution in [1.29, 1.82) is 0 Å². The van der Waals surface area contributed by atoms with E-state index < -0.39 is 5.60 Å². The van der Waals surface area contributed by atoms with Crippen LogP contribution in [0.15, 0.2) is 73.4 Å². The lowest BCUT2D eigenvalue weighted by molar-refractivity contribution is 0.0525. The van der Waals surface area contributed by atoms with Gasteiger partial charge in [-0.1, -0.05) is 35.9 Å². The zero-order valence-corrected chi connectivity index (χ0v) is 15.3. The predicted molar refractivity (Wildman–Crippen MR) is 103 cm³/mol. The van der Waals surface area contributed by atoms with Gasteiger partial charge in [-0.2, -0.15) is 0 Å². The Kier molecular flexibility index (Phi) is 4.23. The number of ether oxygens (including phenoxy) is 1. The summed E-state index contributed by atoms with van der Waals surface area (Å²) in [4.78, 5) is 8.51. The number of benzene rings is 2. The number of methoxy groups -OCH3 is 1. The third-order valence-electron chi connectivity index (χ3n) is 4.78. The fourth-order valence-corrected chi connectivity index (χ4v) is 3.61. The molecule has 0 aliphatic heterocycles. The van der Waals surface area contributed by atoms with Gasteiger partial charge >= 0.3 is 0 Å². The van der Waals surface area contributed by atoms with Gasteiger partial charge in [-0.25, -0.2) is 4.98 Å². The SMILES string of the molecule is COC(c1ccc(Cl)cc1)(c1ccc2cnccc2c1)c1cncn1C. The summed E-state index contributed by atoms with van der Waals surface area (Å²) < 4.78 is 8.19. The number of hydrogen-bond donors (Lipinski definition) is 0. The molecule has 0 fully saturated rings. The molecule has 0 N–H and O–H groups in total. The number of imidazole rings is 1. The third-order valence-corrected chi connectivity index (χ3v) is 5.03. The topological polar surface area (TPSA) is 39.9 Å². The number of nitrogens with zero attached hydrogens (tertiary/aromatic N) is 3. The smallest absolute Gasteiger partial charge is 0.159 e. The van der Waals surface area contributed by atoms with Crippen LogP contribution < -0.4 is 0 Å². The Bertz CT molecular complexity index is 1060. The van der Waals surface area contributed by atoms with Crippen LogP contribution in [0, 0.1) is 0 Å². The zero-order valence-electron chi connectivity index (χ0n) is 14.6. The van der Waals surface area contributed by atoms with Crippen molar-refractivity contribution in [3.8, 4) is 0 Å². The molecule has 130 valence electrons. The lowest BCUT2D eigenvalue weighted by atomic mass is 9.82. The highest BCUT2D eigenvalue weighted by Crippen LogP contribution is 2.40. The first-order valence-electron chi connectivity index (χ1n) is 8.27. The summed E-state index contributed by atoms with van der Waals surface area (Å²) in [5.41, 5.74) is 2.15. The molecule has 0 saturated heterocycles. The quantitative estimate of drug-likeness (QED) is 0.533. The van der Waals surface area contributed by atoms with Gasteiger partial charge in [0.2, 0.25) is 0 Å². The molecule has 0 amide bonds. The summed E-state index contributed by atoms with van der Waals surface area (Å²) >= 11 is 6.12. The Morgan fingerprint density at radius 2 is 1.69 bits per heavy atom. The van der Waals surface area contributed by atoms with E-state index in [1.807, 2.05) is 54.3 Å². The van der Waals surface area contributed by atoms with E-state index in [0.29, 0.717) is 5.02 Å². The maximum absolute atomic E-state index is 6.20. The molecule has 26 heavy (non-hydrogen) atoms. The Morgan fingerprint density at radius 1 is 0.923 bits per heavy atom. The maximum atomic E-state index is 6.20. The van der Waals surface area contributed by atoms with Gasteiger partial charge in [0.1, 0.15) is 0 Å². The summed E-state index contributed by atoms with van der Waals surface area (Å²) in [5, 5.41) is 2.88. The molecule has 0 spiro atoms. The van der Waals surface area contributed by atoms with E-state index in [0.717, 1.165) is 27.6 Å². The molecule has 1 atom stereocenters. The Labute approximate surface area is 157 Å². The molecular weight excluding hydrogens is 346 g/mol. The van der Waals surface area contributed by atoms with E-state index in [4.69, 9.17) is 16.3 Å². The first-order chi connectivity index (χ1) is 12.6. The zero-order chi connectivity index (χ0) is 18.1. The van der Waals surface area contributed by atoms with Crippen molar-refractivity contribution in [2.45, 2.75) is 5.60 Å². The molecule has 1 unspecified atom stereocenters.